The van der Waals surface area contributed by atoms with Crippen LogP contribution in [-0.4, -0.2) is 70.8 Å². The molecule has 1 N–H and O–H groups in total. The van der Waals surface area contributed by atoms with Crippen LogP contribution in [0.4, 0.5) is 5.69 Å². The first-order chi connectivity index (χ1) is 11.8. The summed E-state index contributed by atoms with van der Waals surface area (Å²) < 4.78 is 30.2. The first-order valence-corrected chi connectivity index (χ1v) is 9.89. The Kier molecular flexibility index (Phi) is 6.38. The van der Waals surface area contributed by atoms with E-state index in [1.54, 1.807) is 24.0 Å². The zero-order valence-electron chi connectivity index (χ0n) is 14.4. The average Bonchev–Trinajstić information content (AvgIpc) is 2.59. The fraction of sp³-hybridized carbons (Fsp3) is 0.500. The number of hydrogen-bond acceptors (Lipinski definition) is 5. The van der Waals surface area contributed by atoms with Gasteiger partial charge in [-0.1, -0.05) is 0 Å². The van der Waals surface area contributed by atoms with Crippen molar-refractivity contribution in [3.05, 3.63) is 29.8 Å². The molecular formula is C16H23N3O5S. The van der Waals surface area contributed by atoms with E-state index in [-0.39, 0.29) is 18.4 Å². The molecular weight excluding hydrogens is 346 g/mol. The van der Waals surface area contributed by atoms with Crippen LogP contribution in [0.2, 0.25) is 0 Å². The zero-order chi connectivity index (χ0) is 18.4. The Morgan fingerprint density at radius 3 is 2.32 bits per heavy atom. The van der Waals surface area contributed by atoms with E-state index in [4.69, 9.17) is 4.74 Å². The molecule has 138 valence electrons. The van der Waals surface area contributed by atoms with Gasteiger partial charge in [-0.15, -0.1) is 0 Å². The fourth-order valence-corrected chi connectivity index (χ4v) is 3.36. The van der Waals surface area contributed by atoms with Crippen LogP contribution >= 0.6 is 0 Å². The summed E-state index contributed by atoms with van der Waals surface area (Å²) in [5.74, 6) is -0.508. The van der Waals surface area contributed by atoms with E-state index < -0.39 is 10.0 Å². The van der Waals surface area contributed by atoms with Crippen LogP contribution in [0.15, 0.2) is 24.3 Å². The summed E-state index contributed by atoms with van der Waals surface area (Å²) in [5, 5.41) is 2.57. The maximum atomic E-state index is 12.4. The topological polar surface area (TPSA) is 96.0 Å². The number of carbonyl (C=O) groups excluding carboxylic acids is 2. The largest absolute Gasteiger partial charge is 0.378 e. The van der Waals surface area contributed by atoms with Crippen molar-refractivity contribution in [2.24, 2.45) is 0 Å². The minimum Gasteiger partial charge on any atom is -0.378 e. The predicted octanol–water partition coefficient (Wildman–Crippen LogP) is 0.0611. The van der Waals surface area contributed by atoms with Crippen LogP contribution in [0.1, 0.15) is 17.3 Å². The van der Waals surface area contributed by atoms with Crippen LogP contribution in [0.25, 0.3) is 0 Å². The highest BCUT2D eigenvalue weighted by atomic mass is 32.2. The molecule has 2 amide bonds. The second-order valence-electron chi connectivity index (χ2n) is 5.67. The molecule has 1 saturated heterocycles. The summed E-state index contributed by atoms with van der Waals surface area (Å²) in [7, 11) is -3.62. The highest BCUT2D eigenvalue weighted by molar-refractivity contribution is 7.92. The van der Waals surface area contributed by atoms with Crippen LogP contribution in [0.5, 0.6) is 0 Å². The van der Waals surface area contributed by atoms with E-state index in [2.05, 4.69) is 5.32 Å². The van der Waals surface area contributed by atoms with E-state index in [0.717, 1.165) is 10.6 Å². The monoisotopic (exact) mass is 369 g/mol. The second kappa shape index (κ2) is 8.30. The van der Waals surface area contributed by atoms with Gasteiger partial charge in [0.15, 0.2) is 0 Å². The Balaban J connectivity index is 2.17. The molecule has 0 bridgehead atoms. The molecule has 1 aliphatic heterocycles. The summed E-state index contributed by atoms with van der Waals surface area (Å²) in [5.41, 5.74) is 0.810. The molecule has 1 aromatic carbocycles. The Bertz CT molecular complexity index is 712. The molecule has 1 aromatic rings. The van der Waals surface area contributed by atoms with E-state index in [9.17, 15) is 18.0 Å². The first-order valence-electron chi connectivity index (χ1n) is 8.04. The molecule has 0 radical (unpaired) electrons. The molecule has 0 saturated carbocycles. The normalized spacial score (nSPS) is 14.9. The number of morpholine rings is 1. The number of anilines is 1. The summed E-state index contributed by atoms with van der Waals surface area (Å²) >= 11 is 0. The number of benzene rings is 1. The first kappa shape index (κ1) is 19.2. The molecule has 0 unspecified atom stereocenters. The SMILES string of the molecule is CCNC(=O)CN(c1ccc(C(=O)N2CCOCC2)cc1)S(C)(=O)=O. The van der Waals surface area contributed by atoms with Crippen molar-refractivity contribution in [3.63, 3.8) is 0 Å². The highest BCUT2D eigenvalue weighted by Crippen LogP contribution is 2.19. The fourth-order valence-electron chi connectivity index (χ4n) is 2.50. The number of ether oxygens (including phenoxy) is 1. The van der Waals surface area contributed by atoms with Gasteiger partial charge >= 0.3 is 0 Å². The lowest BCUT2D eigenvalue weighted by Gasteiger charge is -2.27. The molecule has 1 heterocycles. The third kappa shape index (κ3) is 5.17. The minimum absolute atomic E-state index is 0.121. The molecule has 9 heteroatoms. The van der Waals surface area contributed by atoms with Crippen LogP contribution in [-0.2, 0) is 19.6 Å². The van der Waals surface area contributed by atoms with Gasteiger partial charge in [0.05, 0.1) is 25.2 Å². The van der Waals surface area contributed by atoms with Gasteiger partial charge in [0.25, 0.3) is 5.91 Å². The van der Waals surface area contributed by atoms with Crippen molar-refractivity contribution in [1.29, 1.82) is 0 Å². The number of nitrogens with one attached hydrogen (secondary N) is 1. The van der Waals surface area contributed by atoms with E-state index >= 15 is 0 Å². The summed E-state index contributed by atoms with van der Waals surface area (Å²) in [6, 6.07) is 6.22. The molecule has 1 fully saturated rings. The average molecular weight is 369 g/mol. The number of rotatable bonds is 6. The van der Waals surface area contributed by atoms with Gasteiger partial charge in [-0.3, -0.25) is 13.9 Å². The Morgan fingerprint density at radius 1 is 1.20 bits per heavy atom. The van der Waals surface area contributed by atoms with Crippen molar-refractivity contribution >= 4 is 27.5 Å². The molecule has 2 rings (SSSR count). The summed E-state index contributed by atoms with van der Waals surface area (Å²) in [6.45, 7) is 3.97. The Labute approximate surface area is 147 Å². The predicted molar refractivity (Wildman–Crippen MR) is 94.0 cm³/mol. The third-order valence-corrected chi connectivity index (χ3v) is 4.90. The van der Waals surface area contributed by atoms with Gasteiger partial charge < -0.3 is 15.0 Å². The van der Waals surface area contributed by atoms with Crippen molar-refractivity contribution in [2.75, 3.05) is 50.0 Å². The smallest absolute Gasteiger partial charge is 0.254 e. The van der Waals surface area contributed by atoms with Crippen molar-refractivity contribution in [2.45, 2.75) is 6.92 Å². The molecule has 0 aliphatic carbocycles. The highest BCUT2D eigenvalue weighted by Gasteiger charge is 2.22. The number of sulfonamides is 1. The Hall–Kier alpha value is -2.13. The van der Waals surface area contributed by atoms with Gasteiger partial charge in [0.2, 0.25) is 15.9 Å². The number of amides is 2. The molecule has 0 spiro atoms. The quantitative estimate of drug-likeness (QED) is 0.765. The lowest BCUT2D eigenvalue weighted by atomic mass is 10.1. The number of carbonyl (C=O) groups is 2. The van der Waals surface area contributed by atoms with Gasteiger partial charge in [-0.2, -0.15) is 0 Å². The van der Waals surface area contributed by atoms with Crippen molar-refractivity contribution in [1.82, 2.24) is 10.2 Å². The maximum Gasteiger partial charge on any atom is 0.254 e. The van der Waals surface area contributed by atoms with E-state index in [1.165, 1.54) is 12.1 Å². The number of likely N-dealkylation sites (N-methyl/N-ethyl adjacent to an activating group) is 1. The molecule has 8 nitrogen and oxygen atoms in total. The van der Waals surface area contributed by atoms with E-state index in [0.29, 0.717) is 44.1 Å². The van der Waals surface area contributed by atoms with Gasteiger partial charge in [0.1, 0.15) is 6.54 Å². The van der Waals surface area contributed by atoms with Crippen LogP contribution < -0.4 is 9.62 Å². The molecule has 0 atom stereocenters. The molecule has 0 aromatic heterocycles. The van der Waals surface area contributed by atoms with Crippen LogP contribution in [0.3, 0.4) is 0 Å². The third-order valence-electron chi connectivity index (χ3n) is 3.76. The van der Waals surface area contributed by atoms with Crippen molar-refractivity contribution < 1.29 is 22.7 Å². The molecule has 25 heavy (non-hydrogen) atoms. The van der Waals surface area contributed by atoms with Gasteiger partial charge in [0, 0.05) is 25.2 Å². The summed E-state index contributed by atoms with van der Waals surface area (Å²) in [4.78, 5) is 25.9. The van der Waals surface area contributed by atoms with Gasteiger partial charge in [-0.25, -0.2) is 8.42 Å². The second-order valence-corrected chi connectivity index (χ2v) is 7.58. The maximum absolute atomic E-state index is 12.4. The summed E-state index contributed by atoms with van der Waals surface area (Å²) in [6.07, 6.45) is 1.04. The lowest BCUT2D eigenvalue weighted by molar-refractivity contribution is -0.119. The van der Waals surface area contributed by atoms with Crippen LogP contribution in [0, 0.1) is 0 Å². The lowest BCUT2D eigenvalue weighted by Crippen LogP contribution is -2.41. The van der Waals surface area contributed by atoms with Crippen molar-refractivity contribution in [3.8, 4) is 0 Å². The molecule has 1 aliphatic rings. The van der Waals surface area contributed by atoms with Gasteiger partial charge in [-0.05, 0) is 31.2 Å². The standard InChI is InChI=1S/C16H23N3O5S/c1-3-17-15(20)12-19(25(2,22)23)14-6-4-13(5-7-14)16(21)18-8-10-24-11-9-18/h4-7H,3,8-12H2,1-2H3,(H,17,20). The van der Waals surface area contributed by atoms with E-state index in [1.807, 2.05) is 0 Å². The zero-order valence-corrected chi connectivity index (χ0v) is 15.2. The number of hydrogen-bond donors (Lipinski definition) is 1. The Morgan fingerprint density at radius 2 is 1.80 bits per heavy atom. The number of nitrogens with zero attached hydrogens (tertiary/aromatic N) is 2. The minimum atomic E-state index is -3.62.